The van der Waals surface area contributed by atoms with E-state index in [2.05, 4.69) is 13.8 Å². The van der Waals surface area contributed by atoms with Gasteiger partial charge in [-0.15, -0.1) is 0 Å². The Morgan fingerprint density at radius 2 is 1.35 bits per heavy atom. The van der Waals surface area contributed by atoms with E-state index in [1.165, 1.54) is 12.1 Å². The summed E-state index contributed by atoms with van der Waals surface area (Å²) in [5.41, 5.74) is -2.37. The molecule has 0 amide bonds. The molecule has 3 rings (SSSR count). The van der Waals surface area contributed by atoms with Crippen LogP contribution in [0.1, 0.15) is 44.2 Å². The van der Waals surface area contributed by atoms with Gasteiger partial charge in [0.05, 0.1) is 5.56 Å². The molecule has 0 aliphatic heterocycles. The van der Waals surface area contributed by atoms with E-state index in [0.717, 1.165) is 37.0 Å². The van der Waals surface area contributed by atoms with Crippen molar-refractivity contribution in [2.24, 2.45) is 5.92 Å². The molecule has 0 saturated carbocycles. The minimum absolute atomic E-state index is 0.0401. The van der Waals surface area contributed by atoms with E-state index in [4.69, 9.17) is 0 Å². The van der Waals surface area contributed by atoms with Crippen LogP contribution in [0.2, 0.25) is 0 Å². The van der Waals surface area contributed by atoms with Crippen LogP contribution in [-0.2, 0) is 11.3 Å². The molecule has 0 heterocycles. The Kier molecular flexibility index (Phi) is 8.11. The monoisotopic (exact) mass is 546 g/mol. The van der Waals surface area contributed by atoms with Gasteiger partial charge < -0.3 is 0 Å². The molecule has 0 aromatic heterocycles. The van der Waals surface area contributed by atoms with Crippen LogP contribution in [0.5, 0.6) is 0 Å². The summed E-state index contributed by atoms with van der Waals surface area (Å²) in [5, 5.41) is 0. The molecule has 0 fully saturated rings. The lowest BCUT2D eigenvalue weighted by Gasteiger charge is -2.14. The second-order valence-electron chi connectivity index (χ2n) is 8.35. The number of benzene rings is 3. The normalized spacial score (nSPS) is 12.8. The molecule has 0 radical (unpaired) electrons. The third kappa shape index (κ3) is 5.82. The van der Waals surface area contributed by atoms with Crippen molar-refractivity contribution in [3.05, 3.63) is 82.7 Å². The Morgan fingerprint density at radius 3 is 1.85 bits per heavy atom. The lowest BCUT2D eigenvalue weighted by Crippen LogP contribution is -2.10. The van der Waals surface area contributed by atoms with Crippen molar-refractivity contribution < 1.29 is 30.7 Å². The summed E-state index contributed by atoms with van der Waals surface area (Å²) in [6, 6.07) is 6.94. The summed E-state index contributed by atoms with van der Waals surface area (Å²) in [7, 11) is 0. The molecule has 0 aliphatic carbocycles. The molecular weight excluding hydrogens is 525 g/mol. The van der Waals surface area contributed by atoms with Crippen LogP contribution >= 0.6 is 15.9 Å². The molecule has 0 bridgehead atoms. The van der Waals surface area contributed by atoms with Gasteiger partial charge in [0.15, 0.2) is 0 Å². The van der Waals surface area contributed by atoms with Gasteiger partial charge in [-0.3, -0.25) is 0 Å². The van der Waals surface area contributed by atoms with Crippen molar-refractivity contribution >= 4 is 15.9 Å². The van der Waals surface area contributed by atoms with Gasteiger partial charge in [-0.05, 0) is 81.7 Å². The van der Waals surface area contributed by atoms with E-state index in [0.29, 0.717) is 24.5 Å². The van der Waals surface area contributed by atoms with Gasteiger partial charge in [0, 0.05) is 5.56 Å². The van der Waals surface area contributed by atoms with Gasteiger partial charge in [0.1, 0.15) is 34.6 Å². The first kappa shape index (κ1) is 26.3. The Bertz CT molecular complexity index is 1140. The molecule has 1 atom stereocenters. The van der Waals surface area contributed by atoms with Crippen molar-refractivity contribution in [2.45, 2.75) is 44.4 Å². The Hall–Kier alpha value is -2.35. The van der Waals surface area contributed by atoms with Crippen LogP contribution in [0.3, 0.4) is 0 Å². The van der Waals surface area contributed by atoms with E-state index in [-0.39, 0.29) is 11.1 Å². The third-order valence-corrected chi connectivity index (χ3v) is 6.26. The van der Waals surface area contributed by atoms with Crippen molar-refractivity contribution in [1.29, 1.82) is 0 Å². The molecule has 0 N–H and O–H groups in total. The first-order valence-corrected chi connectivity index (χ1v) is 11.6. The zero-order valence-electron chi connectivity index (χ0n) is 18.5. The summed E-state index contributed by atoms with van der Waals surface area (Å²) in [4.78, 5) is -4.00. The highest BCUT2D eigenvalue weighted by atomic mass is 79.9. The molecule has 1 unspecified atom stereocenters. The SMILES string of the molecule is CCC(C)CCCc1ccc(-c2cc(F)c(-c3cc(F)c(C(F)(F)Br)c(F)c3)c(F)c2)c(F)c1. The number of hydrogen-bond acceptors (Lipinski definition) is 0. The summed E-state index contributed by atoms with van der Waals surface area (Å²) in [6.45, 7) is 4.25. The van der Waals surface area contributed by atoms with Crippen molar-refractivity contribution in [3.8, 4) is 22.3 Å². The van der Waals surface area contributed by atoms with Crippen LogP contribution in [0.25, 0.3) is 22.3 Å². The number of alkyl halides is 3. The van der Waals surface area contributed by atoms with E-state index in [1.54, 1.807) is 6.07 Å². The molecule has 34 heavy (non-hydrogen) atoms. The van der Waals surface area contributed by atoms with Gasteiger partial charge in [-0.25, -0.2) is 22.0 Å². The Balaban J connectivity index is 1.92. The third-order valence-electron chi connectivity index (χ3n) is 5.86. The van der Waals surface area contributed by atoms with Gasteiger partial charge in [0.2, 0.25) is 0 Å². The van der Waals surface area contributed by atoms with E-state index in [9.17, 15) is 30.7 Å². The Morgan fingerprint density at radius 1 is 0.794 bits per heavy atom. The number of aryl methyl sites for hydroxylation is 1. The average molecular weight is 547 g/mol. The first-order chi connectivity index (χ1) is 15.9. The molecule has 8 heteroatoms. The van der Waals surface area contributed by atoms with Crippen molar-refractivity contribution in [2.75, 3.05) is 0 Å². The standard InChI is InChI=1S/C26H22BrF7/c1-3-14(2)5-4-6-15-7-8-18(19(28)9-15)16-10-20(29)24(21(30)11-16)17-12-22(31)25(23(32)13-17)26(27,33)34/h7-14H,3-6H2,1-2H3. The predicted molar refractivity (Wildman–Crippen MR) is 122 cm³/mol. The highest BCUT2D eigenvalue weighted by Gasteiger charge is 2.35. The zero-order chi connectivity index (χ0) is 25.2. The van der Waals surface area contributed by atoms with Crippen LogP contribution in [-0.4, -0.2) is 0 Å². The lowest BCUT2D eigenvalue weighted by atomic mass is 9.95. The molecule has 3 aromatic carbocycles. The first-order valence-electron chi connectivity index (χ1n) is 10.8. The molecular formula is C26H22BrF7. The second-order valence-corrected chi connectivity index (χ2v) is 9.34. The van der Waals surface area contributed by atoms with Crippen molar-refractivity contribution in [3.63, 3.8) is 0 Å². The minimum atomic E-state index is -4.00. The fourth-order valence-corrected chi connectivity index (χ4v) is 4.18. The summed E-state index contributed by atoms with van der Waals surface area (Å²) < 4.78 is 99.2. The number of hydrogen-bond donors (Lipinski definition) is 0. The van der Waals surface area contributed by atoms with Gasteiger partial charge in [-0.1, -0.05) is 38.8 Å². The fourth-order valence-electron chi connectivity index (χ4n) is 3.80. The smallest absolute Gasteiger partial charge is 0.206 e. The maximum Gasteiger partial charge on any atom is 0.332 e. The van der Waals surface area contributed by atoms with Crippen LogP contribution in [0, 0.1) is 35.0 Å². The second kappa shape index (κ2) is 10.5. The van der Waals surface area contributed by atoms with Gasteiger partial charge in [-0.2, -0.15) is 8.78 Å². The lowest BCUT2D eigenvalue weighted by molar-refractivity contribution is 0.105. The molecule has 182 valence electrons. The summed E-state index contributed by atoms with van der Waals surface area (Å²) in [6.07, 6.45) is 3.63. The zero-order valence-corrected chi connectivity index (χ0v) is 20.1. The topological polar surface area (TPSA) is 0 Å². The number of rotatable bonds is 8. The van der Waals surface area contributed by atoms with Crippen LogP contribution in [0.15, 0.2) is 42.5 Å². The number of halogens is 8. The fraction of sp³-hybridized carbons (Fsp3) is 0.308. The summed E-state index contributed by atoms with van der Waals surface area (Å²) in [5.74, 6) is -5.87. The largest absolute Gasteiger partial charge is 0.332 e. The molecule has 0 saturated heterocycles. The molecule has 0 spiro atoms. The van der Waals surface area contributed by atoms with Crippen LogP contribution in [0.4, 0.5) is 30.7 Å². The van der Waals surface area contributed by atoms with Crippen LogP contribution < -0.4 is 0 Å². The highest BCUT2D eigenvalue weighted by Crippen LogP contribution is 2.40. The van der Waals surface area contributed by atoms with Crippen molar-refractivity contribution in [1.82, 2.24) is 0 Å². The maximum absolute atomic E-state index is 14.8. The summed E-state index contributed by atoms with van der Waals surface area (Å²) >= 11 is 1.87. The molecule has 3 aromatic rings. The van der Waals surface area contributed by atoms with E-state index >= 15 is 0 Å². The highest BCUT2D eigenvalue weighted by molar-refractivity contribution is 9.09. The molecule has 0 aliphatic rings. The van der Waals surface area contributed by atoms with Gasteiger partial charge in [0.25, 0.3) is 0 Å². The Labute approximate surface area is 201 Å². The van der Waals surface area contributed by atoms with Gasteiger partial charge >= 0.3 is 4.83 Å². The van der Waals surface area contributed by atoms with E-state index < -0.39 is 50.6 Å². The average Bonchev–Trinajstić information content (AvgIpc) is 2.71. The minimum Gasteiger partial charge on any atom is -0.206 e. The predicted octanol–water partition coefficient (Wildman–Crippen LogP) is 9.53. The molecule has 0 nitrogen and oxygen atoms in total. The van der Waals surface area contributed by atoms with E-state index in [1.807, 2.05) is 15.9 Å². The quantitative estimate of drug-likeness (QED) is 0.195. The maximum atomic E-state index is 14.8.